The van der Waals surface area contributed by atoms with Crippen LogP contribution in [0.25, 0.3) is 11.0 Å². The Morgan fingerprint density at radius 1 is 1.05 bits per heavy atom. The van der Waals surface area contributed by atoms with E-state index in [2.05, 4.69) is 12.1 Å². The maximum absolute atomic E-state index is 6.35. The van der Waals surface area contributed by atoms with Gasteiger partial charge in [-0.15, -0.1) is 0 Å². The van der Waals surface area contributed by atoms with Crippen molar-refractivity contribution in [1.29, 1.82) is 0 Å². The van der Waals surface area contributed by atoms with Gasteiger partial charge < -0.3 is 10.2 Å². The molecule has 4 heteroatoms. The molecule has 0 saturated heterocycles. The molecule has 0 spiro atoms. The van der Waals surface area contributed by atoms with E-state index in [-0.39, 0.29) is 0 Å². The van der Waals surface area contributed by atoms with Crippen LogP contribution in [0.3, 0.4) is 0 Å². The van der Waals surface area contributed by atoms with Crippen LogP contribution >= 0.6 is 23.2 Å². The molecule has 1 aromatic heterocycles. The first kappa shape index (κ1) is 14.5. The maximum Gasteiger partial charge on any atom is 0.134 e. The van der Waals surface area contributed by atoms with Crippen molar-refractivity contribution in [3.05, 3.63) is 68.9 Å². The Kier molecular flexibility index (Phi) is 3.70. The van der Waals surface area contributed by atoms with Gasteiger partial charge in [0.05, 0.1) is 6.04 Å². The van der Waals surface area contributed by atoms with Gasteiger partial charge in [0.1, 0.15) is 11.3 Å². The highest BCUT2D eigenvalue weighted by Crippen LogP contribution is 2.35. The van der Waals surface area contributed by atoms with Crippen molar-refractivity contribution >= 4 is 34.2 Å². The van der Waals surface area contributed by atoms with E-state index in [0.717, 1.165) is 33.4 Å². The van der Waals surface area contributed by atoms with Crippen LogP contribution < -0.4 is 5.73 Å². The highest BCUT2D eigenvalue weighted by atomic mass is 35.5. The quantitative estimate of drug-likeness (QED) is 0.686. The Balaban J connectivity index is 2.15. The van der Waals surface area contributed by atoms with E-state index >= 15 is 0 Å². The average molecular weight is 320 g/mol. The van der Waals surface area contributed by atoms with Crippen molar-refractivity contribution in [2.45, 2.75) is 19.9 Å². The number of hydrogen-bond donors (Lipinski definition) is 1. The first-order chi connectivity index (χ1) is 9.97. The Bertz CT molecular complexity index is 823. The molecule has 0 bridgehead atoms. The molecule has 0 saturated carbocycles. The van der Waals surface area contributed by atoms with E-state index in [1.54, 1.807) is 18.2 Å². The Morgan fingerprint density at radius 2 is 1.81 bits per heavy atom. The molecule has 2 nitrogen and oxygen atoms in total. The number of halogens is 2. The molecule has 2 aromatic carbocycles. The van der Waals surface area contributed by atoms with Gasteiger partial charge in [-0.2, -0.15) is 0 Å². The number of furan rings is 1. The summed E-state index contributed by atoms with van der Waals surface area (Å²) in [6.45, 7) is 4.04. The van der Waals surface area contributed by atoms with E-state index < -0.39 is 6.04 Å². The summed E-state index contributed by atoms with van der Waals surface area (Å²) in [5.41, 5.74) is 10.1. The lowest BCUT2D eigenvalue weighted by Gasteiger charge is -2.12. The molecule has 0 radical (unpaired) electrons. The number of rotatable bonds is 2. The molecule has 3 rings (SSSR count). The van der Waals surface area contributed by atoms with Gasteiger partial charge >= 0.3 is 0 Å². The lowest BCUT2D eigenvalue weighted by molar-refractivity contribution is 0.521. The first-order valence-electron chi connectivity index (χ1n) is 6.67. The van der Waals surface area contributed by atoms with Crippen LogP contribution in [0, 0.1) is 13.8 Å². The Hall–Kier alpha value is -1.48. The lowest BCUT2D eigenvalue weighted by atomic mass is 10.0. The normalized spacial score (nSPS) is 12.8. The van der Waals surface area contributed by atoms with Crippen LogP contribution in [0.15, 0.2) is 40.8 Å². The topological polar surface area (TPSA) is 39.2 Å². The smallest absolute Gasteiger partial charge is 0.134 e. The molecule has 2 N–H and O–H groups in total. The minimum atomic E-state index is -0.441. The minimum Gasteiger partial charge on any atom is -0.459 e. The van der Waals surface area contributed by atoms with E-state index in [0.29, 0.717) is 10.0 Å². The minimum absolute atomic E-state index is 0.441. The average Bonchev–Trinajstić information content (AvgIpc) is 2.77. The second kappa shape index (κ2) is 5.38. The Labute approximate surface area is 133 Å². The number of hydrogen-bond acceptors (Lipinski definition) is 2. The zero-order valence-electron chi connectivity index (χ0n) is 11.8. The van der Waals surface area contributed by atoms with Gasteiger partial charge in [-0.25, -0.2) is 0 Å². The van der Waals surface area contributed by atoms with Crippen molar-refractivity contribution in [3.8, 4) is 0 Å². The highest BCUT2D eigenvalue weighted by Gasteiger charge is 2.21. The summed E-state index contributed by atoms with van der Waals surface area (Å²) >= 11 is 12.3. The molecule has 0 aliphatic carbocycles. The molecule has 21 heavy (non-hydrogen) atoms. The third-order valence-electron chi connectivity index (χ3n) is 3.71. The molecule has 0 aliphatic heterocycles. The summed E-state index contributed by atoms with van der Waals surface area (Å²) in [7, 11) is 0. The van der Waals surface area contributed by atoms with Crippen molar-refractivity contribution in [2.24, 2.45) is 5.73 Å². The van der Waals surface area contributed by atoms with Gasteiger partial charge in [0.25, 0.3) is 0 Å². The fourth-order valence-corrected chi connectivity index (χ4v) is 2.96. The molecule has 108 valence electrons. The molecule has 3 aromatic rings. The van der Waals surface area contributed by atoms with E-state index in [1.807, 2.05) is 19.9 Å². The van der Waals surface area contributed by atoms with Crippen molar-refractivity contribution in [1.82, 2.24) is 0 Å². The standard InChI is InChI=1S/C17H15Cl2NO/c1-9-3-5-12-10(2)17(21-15(12)7-9)16(20)13-8-11(18)4-6-14(13)19/h3-8,16H,20H2,1-2H3. The zero-order chi connectivity index (χ0) is 15.1. The van der Waals surface area contributed by atoms with Crippen LogP contribution in [0.5, 0.6) is 0 Å². The Morgan fingerprint density at radius 3 is 2.57 bits per heavy atom. The maximum atomic E-state index is 6.35. The van der Waals surface area contributed by atoms with E-state index in [1.165, 1.54) is 0 Å². The number of nitrogens with two attached hydrogens (primary N) is 1. The third kappa shape index (κ3) is 2.55. The number of aryl methyl sites for hydroxylation is 2. The van der Waals surface area contributed by atoms with Crippen LogP contribution in [0.4, 0.5) is 0 Å². The second-order valence-electron chi connectivity index (χ2n) is 5.23. The van der Waals surface area contributed by atoms with Gasteiger partial charge in [-0.1, -0.05) is 35.3 Å². The van der Waals surface area contributed by atoms with Gasteiger partial charge in [-0.3, -0.25) is 0 Å². The van der Waals surface area contributed by atoms with E-state index in [9.17, 15) is 0 Å². The molecule has 0 amide bonds. The second-order valence-corrected chi connectivity index (χ2v) is 6.08. The summed E-state index contributed by atoms with van der Waals surface area (Å²) in [6.07, 6.45) is 0. The zero-order valence-corrected chi connectivity index (χ0v) is 13.3. The number of fused-ring (bicyclic) bond motifs is 1. The van der Waals surface area contributed by atoms with Gasteiger partial charge in [0.2, 0.25) is 0 Å². The monoisotopic (exact) mass is 319 g/mol. The van der Waals surface area contributed by atoms with Crippen molar-refractivity contribution < 1.29 is 4.42 Å². The largest absolute Gasteiger partial charge is 0.459 e. The molecular formula is C17H15Cl2NO. The van der Waals surface area contributed by atoms with Crippen LogP contribution in [0.1, 0.15) is 28.5 Å². The van der Waals surface area contributed by atoms with Crippen molar-refractivity contribution in [2.75, 3.05) is 0 Å². The van der Waals surface area contributed by atoms with Gasteiger partial charge in [0, 0.05) is 21.0 Å². The molecule has 0 aliphatic rings. The first-order valence-corrected chi connectivity index (χ1v) is 7.43. The fraction of sp³-hybridized carbons (Fsp3) is 0.176. The molecule has 1 unspecified atom stereocenters. The summed E-state index contributed by atoms with van der Waals surface area (Å²) in [4.78, 5) is 0. The third-order valence-corrected chi connectivity index (χ3v) is 4.29. The van der Waals surface area contributed by atoms with Crippen LogP contribution in [0.2, 0.25) is 10.0 Å². The SMILES string of the molecule is Cc1ccc2c(C)c(C(N)c3cc(Cl)ccc3Cl)oc2c1. The van der Waals surface area contributed by atoms with Crippen LogP contribution in [-0.2, 0) is 0 Å². The van der Waals surface area contributed by atoms with Gasteiger partial charge in [-0.05, 0) is 49.2 Å². The summed E-state index contributed by atoms with van der Waals surface area (Å²) < 4.78 is 5.96. The summed E-state index contributed by atoms with van der Waals surface area (Å²) in [5.74, 6) is 0.722. The molecule has 1 heterocycles. The molecule has 0 fully saturated rings. The summed E-state index contributed by atoms with van der Waals surface area (Å²) in [6, 6.07) is 11.0. The van der Waals surface area contributed by atoms with Crippen LogP contribution in [-0.4, -0.2) is 0 Å². The molecular weight excluding hydrogens is 305 g/mol. The fourth-order valence-electron chi connectivity index (χ4n) is 2.54. The highest BCUT2D eigenvalue weighted by molar-refractivity contribution is 6.33. The van der Waals surface area contributed by atoms with Crippen molar-refractivity contribution in [3.63, 3.8) is 0 Å². The molecule has 1 atom stereocenters. The lowest BCUT2D eigenvalue weighted by Crippen LogP contribution is -2.12. The summed E-state index contributed by atoms with van der Waals surface area (Å²) in [5, 5.41) is 2.27. The predicted molar refractivity (Wildman–Crippen MR) is 88.2 cm³/mol. The predicted octanol–water partition coefficient (Wildman–Crippen LogP) is 5.40. The van der Waals surface area contributed by atoms with Gasteiger partial charge in [0.15, 0.2) is 0 Å². The van der Waals surface area contributed by atoms with E-state index in [4.69, 9.17) is 33.4 Å². The number of benzene rings is 2.